The van der Waals surface area contributed by atoms with Gasteiger partial charge in [0.25, 0.3) is 0 Å². The van der Waals surface area contributed by atoms with Crippen molar-refractivity contribution in [2.45, 2.75) is 13.3 Å². The van der Waals surface area contributed by atoms with Gasteiger partial charge in [-0.25, -0.2) is 4.98 Å². The number of thiazole rings is 1. The predicted octanol–water partition coefficient (Wildman–Crippen LogP) is 1.63. The quantitative estimate of drug-likeness (QED) is 0.292. The van der Waals surface area contributed by atoms with Crippen molar-refractivity contribution in [3.63, 3.8) is 0 Å². The Morgan fingerprint density at radius 1 is 1.48 bits per heavy atom. The number of nitrogens with one attached hydrogen (secondary N) is 1. The van der Waals surface area contributed by atoms with E-state index in [4.69, 9.17) is 16.9 Å². The van der Waals surface area contributed by atoms with E-state index >= 15 is 0 Å². The molecule has 0 spiro atoms. The molecule has 1 unspecified atom stereocenters. The second kappa shape index (κ2) is 9.87. The fraction of sp³-hybridized carbons (Fsp3) is 0.231. The molecule has 2 rings (SSSR count). The number of aromatic nitrogens is 1. The molecular weight excluding hydrogens is 407 g/mol. The number of carbonyl (C=O) groups excluding carboxylic acids is 1. The predicted molar refractivity (Wildman–Crippen MR) is 89.3 cm³/mol. The third kappa shape index (κ3) is 6.86. The Morgan fingerprint density at radius 2 is 2.17 bits per heavy atom. The zero-order chi connectivity index (χ0) is 17.3. The van der Waals surface area contributed by atoms with Crippen molar-refractivity contribution in [3.05, 3.63) is 40.8 Å². The molecule has 1 atom stereocenters. The average molecular weight is 423 g/mol. The van der Waals surface area contributed by atoms with Crippen molar-refractivity contribution < 1.29 is 21.8 Å². The van der Waals surface area contributed by atoms with Crippen LogP contribution in [0.15, 0.2) is 35.2 Å². The number of hydrogen-bond acceptors (Lipinski definition) is 6. The summed E-state index contributed by atoms with van der Waals surface area (Å²) in [5.41, 5.74) is 3.08. The van der Waals surface area contributed by atoms with Gasteiger partial charge < -0.3 is 0 Å². The number of hydrogen-bond donors (Lipinski definition) is 3. The molecule has 0 aliphatic carbocycles. The molecule has 23 heavy (non-hydrogen) atoms. The Bertz CT molecular complexity index is 668. The summed E-state index contributed by atoms with van der Waals surface area (Å²) in [5.74, 6) is 0.292. The van der Waals surface area contributed by atoms with Crippen LogP contribution in [0.25, 0.3) is 0 Å². The van der Waals surface area contributed by atoms with E-state index in [2.05, 4.69) is 14.2 Å². The summed E-state index contributed by atoms with van der Waals surface area (Å²) in [6, 6.07) is 5.84. The van der Waals surface area contributed by atoms with Gasteiger partial charge in [0.2, 0.25) is 0 Å². The molecule has 3 N–H and O–H groups in total. The minimum Gasteiger partial charge on any atom is -0.250 e. The number of benzene rings is 1. The average Bonchev–Trinajstić information content (AvgIpc) is 3.01. The molecule has 126 valence electrons. The molecule has 0 saturated heterocycles. The van der Waals surface area contributed by atoms with Crippen molar-refractivity contribution in [2.24, 2.45) is 0 Å². The summed E-state index contributed by atoms with van der Waals surface area (Å²) in [6.45, 7) is 1.27. The number of aryl methyl sites for hydroxylation is 1. The van der Waals surface area contributed by atoms with E-state index in [0.717, 1.165) is 12.1 Å². The first-order valence-electron chi connectivity index (χ1n) is 6.37. The van der Waals surface area contributed by atoms with E-state index in [-0.39, 0.29) is 15.9 Å². The molecule has 0 saturated carbocycles. The van der Waals surface area contributed by atoms with Crippen molar-refractivity contribution >= 4 is 53.1 Å². The monoisotopic (exact) mass is 422 g/mol. The van der Waals surface area contributed by atoms with Crippen LogP contribution in [-0.2, 0) is 18.8 Å². The van der Waals surface area contributed by atoms with E-state index in [1.54, 1.807) is 17.4 Å². The zero-order valence-electron chi connectivity index (χ0n) is 12.2. The standard InChI is InChI=1S/C8H10AsNO5.C5H6ClNS/c1-6(11)10-8-5-3-2-4-7(8)9(12,13)15-14;6-2-1-5-3-8-4-7-5/h2-5,14H,1H3,(H,10,11)(H,12,13);3-4H,1-2H2. The van der Waals surface area contributed by atoms with Crippen molar-refractivity contribution in [3.8, 4) is 0 Å². The molecule has 1 heterocycles. The molecule has 0 radical (unpaired) electrons. The fourth-order valence-corrected chi connectivity index (χ4v) is 3.98. The second-order valence-corrected chi connectivity index (χ2v) is 8.85. The summed E-state index contributed by atoms with van der Waals surface area (Å²) < 4.78 is 24.1. The molecule has 1 aromatic carbocycles. The van der Waals surface area contributed by atoms with Gasteiger partial charge in [0.15, 0.2) is 0 Å². The minimum atomic E-state index is -4.92. The Labute approximate surface area is 145 Å². The van der Waals surface area contributed by atoms with Gasteiger partial charge in [0.1, 0.15) is 0 Å². The molecule has 0 aliphatic heterocycles. The molecule has 0 bridgehead atoms. The number of alkyl halides is 1. The summed E-state index contributed by atoms with van der Waals surface area (Å²) in [6.07, 6.45) is 0.894. The van der Waals surface area contributed by atoms with E-state index in [9.17, 15) is 12.6 Å². The maximum atomic E-state index is 11.4. The van der Waals surface area contributed by atoms with Gasteiger partial charge in [-0.2, -0.15) is 0 Å². The van der Waals surface area contributed by atoms with Crippen LogP contribution < -0.4 is 9.67 Å². The van der Waals surface area contributed by atoms with Crippen molar-refractivity contribution in [1.82, 2.24) is 4.98 Å². The number of carbonyl (C=O) groups is 1. The number of nitrogens with zero attached hydrogens (tertiary/aromatic N) is 1. The van der Waals surface area contributed by atoms with E-state index in [0.29, 0.717) is 5.88 Å². The third-order valence-electron chi connectivity index (χ3n) is 2.46. The van der Waals surface area contributed by atoms with Crippen LogP contribution in [0, 0.1) is 0 Å². The van der Waals surface area contributed by atoms with Gasteiger partial charge in [0, 0.05) is 17.7 Å². The summed E-state index contributed by atoms with van der Waals surface area (Å²) >= 11 is 2.14. The van der Waals surface area contributed by atoms with E-state index < -0.39 is 14.2 Å². The van der Waals surface area contributed by atoms with Crippen LogP contribution in [-0.4, -0.2) is 40.3 Å². The summed E-state index contributed by atoms with van der Waals surface area (Å²) in [4.78, 5) is 14.8. The molecular formula is C13H16AsClN2O5S. The molecule has 7 nitrogen and oxygen atoms in total. The molecule has 0 aliphatic rings. The first-order chi connectivity index (χ1) is 10.9. The normalized spacial score (nSPS) is 12.7. The maximum Gasteiger partial charge on any atom is 0.0794 e. The second-order valence-electron chi connectivity index (χ2n) is 4.22. The SMILES string of the molecule is CC(=O)Nc1ccccc1[As](=O)(O)OO.ClCCc1cscn1. The Hall–Kier alpha value is -1.15. The first kappa shape index (κ1) is 19.9. The largest absolute Gasteiger partial charge is 0.250 e. The topological polar surface area (TPSA) is 109 Å². The minimum absolute atomic E-state index is 0.103. The van der Waals surface area contributed by atoms with E-state index in [1.807, 2.05) is 10.9 Å². The maximum absolute atomic E-state index is 11.4. The van der Waals surface area contributed by atoms with Gasteiger partial charge in [0.05, 0.1) is 11.2 Å². The van der Waals surface area contributed by atoms with Crippen LogP contribution in [0.4, 0.5) is 5.69 Å². The van der Waals surface area contributed by atoms with Gasteiger partial charge in [-0.1, -0.05) is 0 Å². The van der Waals surface area contributed by atoms with Crippen LogP contribution in [0.5, 0.6) is 0 Å². The molecule has 0 fully saturated rings. The molecule has 2 aromatic rings. The Balaban J connectivity index is 0.000000277. The number of anilines is 1. The number of para-hydroxylation sites is 1. The zero-order valence-corrected chi connectivity index (χ0v) is 15.6. The van der Waals surface area contributed by atoms with Crippen molar-refractivity contribution in [1.29, 1.82) is 0 Å². The van der Waals surface area contributed by atoms with Gasteiger partial charge in [-0.3, -0.25) is 0 Å². The number of amides is 1. The van der Waals surface area contributed by atoms with Crippen molar-refractivity contribution in [2.75, 3.05) is 11.2 Å². The number of rotatable bonds is 5. The Morgan fingerprint density at radius 3 is 2.70 bits per heavy atom. The Kier molecular flexibility index (Phi) is 8.54. The van der Waals surface area contributed by atoms with Gasteiger partial charge in [-0.05, 0) is 0 Å². The van der Waals surface area contributed by atoms with Crippen LogP contribution >= 0.6 is 22.9 Å². The smallest absolute Gasteiger partial charge is 0.0794 e. The fourth-order valence-electron chi connectivity index (χ4n) is 1.52. The van der Waals surface area contributed by atoms with Crippen LogP contribution in [0.1, 0.15) is 12.6 Å². The number of halogens is 1. The van der Waals surface area contributed by atoms with E-state index in [1.165, 1.54) is 25.1 Å². The molecule has 1 aromatic heterocycles. The van der Waals surface area contributed by atoms with Crippen LogP contribution in [0.3, 0.4) is 0 Å². The molecule has 10 heteroatoms. The van der Waals surface area contributed by atoms with Gasteiger partial charge in [-0.15, -0.1) is 22.9 Å². The van der Waals surface area contributed by atoms with Gasteiger partial charge >= 0.3 is 88.4 Å². The molecule has 1 amide bonds. The van der Waals surface area contributed by atoms with Crippen LogP contribution in [0.2, 0.25) is 0 Å². The third-order valence-corrected chi connectivity index (χ3v) is 5.85. The first-order valence-corrected chi connectivity index (χ1v) is 11.2. The summed E-state index contributed by atoms with van der Waals surface area (Å²) in [5, 5.41) is 12.7. The summed E-state index contributed by atoms with van der Waals surface area (Å²) in [7, 11) is 0.